The van der Waals surface area contributed by atoms with E-state index in [1.807, 2.05) is 25.1 Å². The van der Waals surface area contributed by atoms with Crippen molar-refractivity contribution in [2.45, 2.75) is 32.7 Å². The minimum absolute atomic E-state index is 0.0655. The summed E-state index contributed by atoms with van der Waals surface area (Å²) >= 11 is 1.26. The van der Waals surface area contributed by atoms with E-state index in [-0.39, 0.29) is 11.3 Å². The zero-order valence-corrected chi connectivity index (χ0v) is 24.7. The Hall–Kier alpha value is -4.57. The van der Waals surface area contributed by atoms with Gasteiger partial charge in [-0.15, -0.1) is 0 Å². The number of unbranched alkanes of at least 4 members (excludes halogenated alkanes) is 1. The van der Waals surface area contributed by atoms with Crippen molar-refractivity contribution in [2.24, 2.45) is 0 Å². The van der Waals surface area contributed by atoms with Crippen molar-refractivity contribution in [3.8, 4) is 23.0 Å². The molecule has 10 heteroatoms. The summed E-state index contributed by atoms with van der Waals surface area (Å²) < 4.78 is 23.3. The van der Waals surface area contributed by atoms with Crippen LogP contribution in [0.2, 0.25) is 0 Å². The van der Waals surface area contributed by atoms with E-state index in [0.29, 0.717) is 58.0 Å². The molecule has 0 spiro atoms. The number of carbonyl (C=O) groups excluding carboxylic acids is 2. The molecule has 1 N–H and O–H groups in total. The molecule has 1 fully saturated rings. The number of ketones is 1. The van der Waals surface area contributed by atoms with Crippen LogP contribution in [-0.2, 0) is 9.59 Å². The summed E-state index contributed by atoms with van der Waals surface area (Å²) in [6.07, 6.45) is 1.86. The number of thiazole rings is 1. The van der Waals surface area contributed by atoms with Crippen molar-refractivity contribution in [1.82, 2.24) is 4.98 Å². The fraction of sp³-hybridized carbons (Fsp3) is 0.281. The second-order valence-corrected chi connectivity index (χ2v) is 10.6. The maximum Gasteiger partial charge on any atom is 0.301 e. The van der Waals surface area contributed by atoms with Crippen molar-refractivity contribution < 1.29 is 33.6 Å². The Morgan fingerprint density at radius 1 is 0.952 bits per heavy atom. The fourth-order valence-electron chi connectivity index (χ4n) is 4.82. The van der Waals surface area contributed by atoms with E-state index in [1.54, 1.807) is 42.5 Å². The highest BCUT2D eigenvalue weighted by Crippen LogP contribution is 2.46. The summed E-state index contributed by atoms with van der Waals surface area (Å²) in [5, 5.41) is 11.8. The smallest absolute Gasteiger partial charge is 0.301 e. The lowest BCUT2D eigenvalue weighted by atomic mass is 9.95. The molecule has 0 saturated carbocycles. The Labute approximate surface area is 247 Å². The van der Waals surface area contributed by atoms with Gasteiger partial charge in [0.2, 0.25) is 0 Å². The van der Waals surface area contributed by atoms with Gasteiger partial charge in [-0.3, -0.25) is 14.5 Å². The van der Waals surface area contributed by atoms with Crippen LogP contribution in [0.1, 0.15) is 43.9 Å². The van der Waals surface area contributed by atoms with Crippen molar-refractivity contribution in [3.05, 3.63) is 77.4 Å². The molecule has 1 aromatic heterocycles. The summed E-state index contributed by atoms with van der Waals surface area (Å²) in [5.41, 5.74) is 1.48. The first-order chi connectivity index (χ1) is 20.4. The lowest BCUT2D eigenvalue weighted by Crippen LogP contribution is -2.29. The van der Waals surface area contributed by atoms with Crippen LogP contribution in [0, 0.1) is 0 Å². The van der Waals surface area contributed by atoms with Gasteiger partial charge in [-0.05, 0) is 61.4 Å². The molecule has 0 aliphatic carbocycles. The highest BCUT2D eigenvalue weighted by atomic mass is 32.1. The Morgan fingerprint density at radius 2 is 1.79 bits per heavy atom. The molecule has 2 heterocycles. The molecule has 218 valence electrons. The van der Waals surface area contributed by atoms with Gasteiger partial charge in [0.05, 0.1) is 49.3 Å². The Kier molecular flexibility index (Phi) is 8.63. The Morgan fingerprint density at radius 3 is 2.52 bits per heavy atom. The van der Waals surface area contributed by atoms with E-state index in [1.165, 1.54) is 30.5 Å². The van der Waals surface area contributed by atoms with Crippen LogP contribution in [0.25, 0.3) is 16.0 Å². The summed E-state index contributed by atoms with van der Waals surface area (Å²) in [6, 6.07) is 16.4. The van der Waals surface area contributed by atoms with E-state index < -0.39 is 17.7 Å². The third kappa shape index (κ3) is 5.49. The van der Waals surface area contributed by atoms with Gasteiger partial charge in [-0.2, -0.15) is 0 Å². The summed E-state index contributed by atoms with van der Waals surface area (Å²) in [7, 11) is 3.04. The quantitative estimate of drug-likeness (QED) is 0.0914. The normalized spacial score (nSPS) is 16.2. The predicted molar refractivity (Wildman–Crippen MR) is 162 cm³/mol. The minimum Gasteiger partial charge on any atom is -0.507 e. The SMILES string of the molecule is CCCCOc1ccc(C2C(=C(O)c3cccc(OC)c3)C(=O)C(=O)N2c2nc3ccc(OCC)cc3s2)cc1OC. The lowest BCUT2D eigenvalue weighted by Gasteiger charge is -2.24. The molecule has 1 saturated heterocycles. The number of anilines is 1. The highest BCUT2D eigenvalue weighted by Gasteiger charge is 2.48. The standard InChI is InChI=1S/C32H32N2O7S/c1-5-7-15-41-24-14-11-19(17-25(24)39-4)28-27(29(35)20-9-8-10-21(16-20)38-3)30(36)31(37)34(28)32-33-23-13-12-22(40-6-2)18-26(23)42-32/h8-14,16-18,28,35H,5-7,15H2,1-4H3. The fourth-order valence-corrected chi connectivity index (χ4v) is 5.84. The maximum atomic E-state index is 13.7. The molecule has 5 rings (SSSR count). The zero-order valence-electron chi connectivity index (χ0n) is 23.9. The first-order valence-corrected chi connectivity index (χ1v) is 14.5. The number of ether oxygens (including phenoxy) is 4. The number of rotatable bonds is 11. The molecule has 1 atom stereocenters. The van der Waals surface area contributed by atoms with Gasteiger partial charge < -0.3 is 24.1 Å². The van der Waals surface area contributed by atoms with E-state index in [4.69, 9.17) is 23.9 Å². The Balaban J connectivity index is 1.68. The highest BCUT2D eigenvalue weighted by molar-refractivity contribution is 7.22. The number of carbonyl (C=O) groups is 2. The molecular weight excluding hydrogens is 556 g/mol. The largest absolute Gasteiger partial charge is 0.507 e. The monoisotopic (exact) mass is 588 g/mol. The van der Waals surface area contributed by atoms with Gasteiger partial charge in [0, 0.05) is 5.56 Å². The number of methoxy groups -OCH3 is 2. The molecule has 0 radical (unpaired) electrons. The topological polar surface area (TPSA) is 107 Å². The average Bonchev–Trinajstić information content (AvgIpc) is 3.54. The molecule has 1 aliphatic heterocycles. The van der Waals surface area contributed by atoms with Gasteiger partial charge in [-0.25, -0.2) is 4.98 Å². The van der Waals surface area contributed by atoms with Crippen LogP contribution in [0.3, 0.4) is 0 Å². The van der Waals surface area contributed by atoms with Gasteiger partial charge in [0.25, 0.3) is 5.78 Å². The van der Waals surface area contributed by atoms with E-state index in [2.05, 4.69) is 6.92 Å². The minimum atomic E-state index is -0.985. The molecule has 4 aromatic rings. The third-order valence-corrected chi connectivity index (χ3v) is 7.93. The van der Waals surface area contributed by atoms with Gasteiger partial charge in [0.1, 0.15) is 17.3 Å². The van der Waals surface area contributed by atoms with Gasteiger partial charge >= 0.3 is 5.91 Å². The van der Waals surface area contributed by atoms with Crippen LogP contribution in [0.4, 0.5) is 5.13 Å². The number of Topliss-reactive ketones (excluding diaryl/α,β-unsaturated/α-hetero) is 1. The molecular formula is C32H32N2O7S. The number of aromatic nitrogens is 1. The second-order valence-electron chi connectivity index (χ2n) is 9.57. The number of aliphatic hydroxyl groups is 1. The second kappa shape index (κ2) is 12.5. The van der Waals surface area contributed by atoms with Crippen LogP contribution < -0.4 is 23.8 Å². The van der Waals surface area contributed by atoms with Crippen molar-refractivity contribution in [2.75, 3.05) is 32.3 Å². The van der Waals surface area contributed by atoms with E-state index in [0.717, 1.165) is 17.5 Å². The zero-order chi connectivity index (χ0) is 29.8. The molecule has 1 amide bonds. The molecule has 9 nitrogen and oxygen atoms in total. The van der Waals surface area contributed by atoms with Crippen LogP contribution in [-0.4, -0.2) is 49.2 Å². The number of fused-ring (bicyclic) bond motifs is 1. The Bertz CT molecular complexity index is 1660. The number of nitrogens with zero attached hydrogens (tertiary/aromatic N) is 2. The number of amides is 1. The molecule has 42 heavy (non-hydrogen) atoms. The van der Waals surface area contributed by atoms with Crippen molar-refractivity contribution >= 4 is 44.1 Å². The van der Waals surface area contributed by atoms with Gasteiger partial charge in [-0.1, -0.05) is 42.9 Å². The number of hydrogen-bond acceptors (Lipinski definition) is 9. The number of hydrogen-bond donors (Lipinski definition) is 1. The summed E-state index contributed by atoms with van der Waals surface area (Å²) in [4.78, 5) is 33.4. The average molecular weight is 589 g/mol. The predicted octanol–water partition coefficient (Wildman–Crippen LogP) is 6.52. The molecule has 0 bridgehead atoms. The number of benzene rings is 3. The van der Waals surface area contributed by atoms with E-state index >= 15 is 0 Å². The summed E-state index contributed by atoms with van der Waals surface area (Å²) in [5.74, 6) is 0.232. The van der Waals surface area contributed by atoms with Crippen molar-refractivity contribution in [3.63, 3.8) is 0 Å². The maximum absolute atomic E-state index is 13.7. The van der Waals surface area contributed by atoms with Crippen molar-refractivity contribution in [1.29, 1.82) is 0 Å². The van der Waals surface area contributed by atoms with E-state index in [9.17, 15) is 14.7 Å². The molecule has 3 aromatic carbocycles. The third-order valence-electron chi connectivity index (χ3n) is 6.91. The molecule has 1 aliphatic rings. The van der Waals surface area contributed by atoms with Crippen LogP contribution >= 0.6 is 11.3 Å². The first kappa shape index (κ1) is 28.9. The van der Waals surface area contributed by atoms with Crippen LogP contribution in [0.5, 0.6) is 23.0 Å². The van der Waals surface area contributed by atoms with Gasteiger partial charge in [0.15, 0.2) is 16.6 Å². The molecule has 1 unspecified atom stereocenters. The summed E-state index contributed by atoms with van der Waals surface area (Å²) in [6.45, 7) is 5.01. The van der Waals surface area contributed by atoms with Crippen LogP contribution in [0.15, 0.2) is 66.2 Å². The first-order valence-electron chi connectivity index (χ1n) is 13.7. The lowest BCUT2D eigenvalue weighted by molar-refractivity contribution is -0.132. The number of aliphatic hydroxyl groups excluding tert-OH is 1.